The first-order valence-corrected chi connectivity index (χ1v) is 6.65. The molecule has 0 aliphatic heterocycles. The molecule has 1 aromatic rings. The number of benzene rings is 1. The molecule has 3 nitrogen and oxygen atoms in total. The molecule has 1 aromatic carbocycles. The van der Waals surface area contributed by atoms with E-state index in [0.717, 1.165) is 0 Å². The number of hydrogen-bond acceptors (Lipinski definition) is 3. The van der Waals surface area contributed by atoms with Crippen LogP contribution in [0.2, 0.25) is 10.0 Å². The first kappa shape index (κ1) is 13.9. The van der Waals surface area contributed by atoms with E-state index in [9.17, 15) is 4.79 Å². The molecule has 0 fully saturated rings. The van der Waals surface area contributed by atoms with Crippen LogP contribution in [0.3, 0.4) is 0 Å². The standard InChI is InChI=1S/C10H9Cl2IO3/c1-15-9-7(12)3-2-6(11)8(9)10(14)16-5-4-13/h2-3H,4-5H2,1H3. The quantitative estimate of drug-likeness (QED) is 0.459. The normalized spacial score (nSPS) is 10.0. The minimum absolute atomic E-state index is 0.168. The fourth-order valence-corrected chi connectivity index (χ4v) is 1.81. The Labute approximate surface area is 117 Å². The van der Waals surface area contributed by atoms with Crippen LogP contribution in [0.1, 0.15) is 10.4 Å². The fraction of sp³-hybridized carbons (Fsp3) is 0.300. The Hall–Kier alpha value is -0.200. The molecule has 0 aliphatic rings. The summed E-state index contributed by atoms with van der Waals surface area (Å²) in [6.07, 6.45) is 0. The van der Waals surface area contributed by atoms with E-state index in [4.69, 9.17) is 32.7 Å². The van der Waals surface area contributed by atoms with Gasteiger partial charge in [-0.05, 0) is 12.1 Å². The number of methoxy groups -OCH3 is 1. The molecule has 6 heteroatoms. The lowest BCUT2D eigenvalue weighted by molar-refractivity contribution is 0.0529. The smallest absolute Gasteiger partial charge is 0.343 e. The van der Waals surface area contributed by atoms with E-state index >= 15 is 0 Å². The number of rotatable bonds is 4. The maximum atomic E-state index is 11.7. The highest BCUT2D eigenvalue weighted by Gasteiger charge is 2.20. The third kappa shape index (κ3) is 3.15. The van der Waals surface area contributed by atoms with Crippen LogP contribution in [0, 0.1) is 0 Å². The fourth-order valence-electron chi connectivity index (χ4n) is 1.13. The number of carbonyl (C=O) groups excluding carboxylic acids is 1. The minimum atomic E-state index is -0.527. The maximum absolute atomic E-state index is 11.7. The van der Waals surface area contributed by atoms with Crippen molar-refractivity contribution >= 4 is 51.8 Å². The van der Waals surface area contributed by atoms with Crippen molar-refractivity contribution in [3.05, 3.63) is 27.7 Å². The average Bonchev–Trinajstić information content (AvgIpc) is 2.28. The summed E-state index contributed by atoms with van der Waals surface area (Å²) in [7, 11) is 1.42. The zero-order chi connectivity index (χ0) is 12.1. The Balaban J connectivity index is 3.10. The number of esters is 1. The lowest BCUT2D eigenvalue weighted by Gasteiger charge is -2.11. The summed E-state index contributed by atoms with van der Waals surface area (Å²) in [6.45, 7) is 0.325. The first-order chi connectivity index (χ1) is 7.61. The summed E-state index contributed by atoms with van der Waals surface area (Å²) >= 11 is 13.9. The van der Waals surface area contributed by atoms with Crippen LogP contribution in [0.15, 0.2) is 12.1 Å². The van der Waals surface area contributed by atoms with Gasteiger partial charge in [-0.1, -0.05) is 45.8 Å². The van der Waals surface area contributed by atoms with E-state index in [-0.39, 0.29) is 16.3 Å². The van der Waals surface area contributed by atoms with Crippen molar-refractivity contribution in [2.45, 2.75) is 0 Å². The van der Waals surface area contributed by atoms with E-state index in [1.165, 1.54) is 13.2 Å². The summed E-state index contributed by atoms with van der Waals surface area (Å²) < 4.78 is 10.7. The van der Waals surface area contributed by atoms with Crippen molar-refractivity contribution < 1.29 is 14.3 Å². The van der Waals surface area contributed by atoms with Gasteiger partial charge >= 0.3 is 5.97 Å². The minimum Gasteiger partial charge on any atom is -0.494 e. The lowest BCUT2D eigenvalue weighted by atomic mass is 10.2. The van der Waals surface area contributed by atoms with Crippen molar-refractivity contribution in [3.63, 3.8) is 0 Å². The molecule has 0 unspecified atom stereocenters. The molecule has 0 saturated carbocycles. The van der Waals surface area contributed by atoms with Crippen LogP contribution in [-0.2, 0) is 4.74 Å². The van der Waals surface area contributed by atoms with E-state index < -0.39 is 5.97 Å². The Morgan fingerprint density at radius 3 is 2.56 bits per heavy atom. The molecular weight excluding hydrogens is 366 g/mol. The molecule has 0 bridgehead atoms. The van der Waals surface area contributed by atoms with Gasteiger partial charge in [0.05, 0.1) is 17.2 Å². The van der Waals surface area contributed by atoms with Gasteiger partial charge in [0.25, 0.3) is 0 Å². The second kappa shape index (κ2) is 6.51. The molecule has 1 rings (SSSR count). The molecule has 0 amide bonds. The van der Waals surface area contributed by atoms with Crippen molar-refractivity contribution in [2.24, 2.45) is 0 Å². The summed E-state index contributed by atoms with van der Waals surface area (Å²) in [6, 6.07) is 3.10. The number of ether oxygens (including phenoxy) is 2. The SMILES string of the molecule is COc1c(Cl)ccc(Cl)c1C(=O)OCCI. The number of halogens is 3. The van der Waals surface area contributed by atoms with Gasteiger partial charge in [-0.25, -0.2) is 4.79 Å². The summed E-state index contributed by atoms with van der Waals surface area (Å²) in [5.74, 6) is -0.284. The van der Waals surface area contributed by atoms with E-state index in [0.29, 0.717) is 16.1 Å². The van der Waals surface area contributed by atoms with E-state index in [1.807, 2.05) is 0 Å². The van der Waals surface area contributed by atoms with Crippen LogP contribution < -0.4 is 4.74 Å². The summed E-state index contributed by atoms with van der Waals surface area (Å²) in [5, 5.41) is 0.591. The van der Waals surface area contributed by atoms with Gasteiger partial charge in [0.15, 0.2) is 5.75 Å². The highest BCUT2D eigenvalue weighted by molar-refractivity contribution is 14.1. The van der Waals surface area contributed by atoms with Crippen molar-refractivity contribution in [1.29, 1.82) is 0 Å². The third-order valence-corrected chi connectivity index (χ3v) is 2.83. The van der Waals surface area contributed by atoms with E-state index in [2.05, 4.69) is 22.6 Å². The van der Waals surface area contributed by atoms with Crippen LogP contribution in [-0.4, -0.2) is 24.1 Å². The Bertz CT molecular complexity index is 396. The van der Waals surface area contributed by atoms with Crippen LogP contribution in [0.4, 0.5) is 0 Å². The highest BCUT2D eigenvalue weighted by Crippen LogP contribution is 2.34. The molecule has 0 N–H and O–H groups in total. The van der Waals surface area contributed by atoms with Crippen LogP contribution in [0.5, 0.6) is 5.75 Å². The van der Waals surface area contributed by atoms with Gasteiger partial charge in [0.1, 0.15) is 12.2 Å². The van der Waals surface area contributed by atoms with Crippen LogP contribution >= 0.6 is 45.8 Å². The molecule has 0 spiro atoms. The van der Waals surface area contributed by atoms with E-state index in [1.54, 1.807) is 6.07 Å². The molecule has 0 aromatic heterocycles. The second-order valence-corrected chi connectivity index (χ2v) is 4.66. The molecule has 0 atom stereocenters. The number of alkyl halides is 1. The average molecular weight is 375 g/mol. The Kier molecular flexibility index (Phi) is 5.64. The van der Waals surface area contributed by atoms with Crippen molar-refractivity contribution in [3.8, 4) is 5.75 Å². The van der Waals surface area contributed by atoms with Crippen molar-refractivity contribution in [2.75, 3.05) is 18.1 Å². The van der Waals surface area contributed by atoms with Gasteiger partial charge < -0.3 is 9.47 Å². The molecule has 0 aliphatic carbocycles. The molecule has 16 heavy (non-hydrogen) atoms. The molecule has 0 saturated heterocycles. The number of carbonyl (C=O) groups is 1. The summed E-state index contributed by atoms with van der Waals surface area (Å²) in [4.78, 5) is 11.7. The second-order valence-electron chi connectivity index (χ2n) is 2.76. The predicted octanol–water partition coefficient (Wildman–Crippen LogP) is 3.59. The van der Waals surface area contributed by atoms with Gasteiger partial charge in [-0.15, -0.1) is 0 Å². The molecule has 0 radical (unpaired) electrons. The zero-order valence-electron chi connectivity index (χ0n) is 8.43. The van der Waals surface area contributed by atoms with Gasteiger partial charge in [-0.3, -0.25) is 0 Å². The Morgan fingerprint density at radius 2 is 2.00 bits per heavy atom. The van der Waals surface area contributed by atoms with Gasteiger partial charge in [-0.2, -0.15) is 0 Å². The predicted molar refractivity (Wildman–Crippen MR) is 72.2 cm³/mol. The molecular formula is C10H9Cl2IO3. The first-order valence-electron chi connectivity index (χ1n) is 4.37. The maximum Gasteiger partial charge on any atom is 0.343 e. The monoisotopic (exact) mass is 374 g/mol. The summed E-state index contributed by atoms with van der Waals surface area (Å²) in [5.41, 5.74) is 0.168. The van der Waals surface area contributed by atoms with Crippen molar-refractivity contribution in [1.82, 2.24) is 0 Å². The Morgan fingerprint density at radius 1 is 1.38 bits per heavy atom. The van der Waals surface area contributed by atoms with Gasteiger partial charge in [0.2, 0.25) is 0 Å². The highest BCUT2D eigenvalue weighted by atomic mass is 127. The topological polar surface area (TPSA) is 35.5 Å². The third-order valence-electron chi connectivity index (χ3n) is 1.78. The number of hydrogen-bond donors (Lipinski definition) is 0. The lowest BCUT2D eigenvalue weighted by Crippen LogP contribution is -2.09. The molecule has 88 valence electrons. The zero-order valence-corrected chi connectivity index (χ0v) is 12.1. The largest absolute Gasteiger partial charge is 0.494 e. The van der Waals surface area contributed by atoms with Gasteiger partial charge in [0, 0.05) is 4.43 Å². The van der Waals surface area contributed by atoms with Crippen LogP contribution in [0.25, 0.3) is 0 Å². The molecule has 0 heterocycles.